The summed E-state index contributed by atoms with van der Waals surface area (Å²) >= 11 is 4.72. The highest BCUT2D eigenvalue weighted by molar-refractivity contribution is 6.20. The van der Waals surface area contributed by atoms with Crippen molar-refractivity contribution in [1.29, 1.82) is 0 Å². The largest absolute Gasteiger partial charge is 0.487 e. The number of rotatable bonds is 6. The fourth-order valence-electron chi connectivity index (χ4n) is 3.00. The van der Waals surface area contributed by atoms with Crippen LogP contribution in [-0.4, -0.2) is 46.5 Å². The van der Waals surface area contributed by atoms with Crippen LogP contribution in [0.2, 0.25) is 0 Å². The number of pyridine rings is 1. The van der Waals surface area contributed by atoms with Crippen molar-refractivity contribution in [3.63, 3.8) is 0 Å². The van der Waals surface area contributed by atoms with E-state index in [4.69, 9.17) is 16.3 Å². The molecule has 162 valence electrons. The van der Waals surface area contributed by atoms with Crippen LogP contribution in [0.15, 0.2) is 42.7 Å². The lowest BCUT2D eigenvalue weighted by atomic mass is 10.1. The molecular formula is C19H15ClF3N5O3. The number of anilines is 2. The number of alkyl halides is 3. The quantitative estimate of drug-likeness (QED) is 0.551. The summed E-state index contributed by atoms with van der Waals surface area (Å²) in [5, 5.41) is 8.88. The van der Waals surface area contributed by atoms with Crippen molar-refractivity contribution >= 4 is 29.0 Å². The lowest BCUT2D eigenvalue weighted by Gasteiger charge is -2.18. The maximum Gasteiger partial charge on any atom is 0.487 e. The summed E-state index contributed by atoms with van der Waals surface area (Å²) in [6.07, 6.45) is 2.38. The van der Waals surface area contributed by atoms with E-state index < -0.39 is 17.3 Å². The summed E-state index contributed by atoms with van der Waals surface area (Å²) in [6.45, 7) is 1.36. The van der Waals surface area contributed by atoms with E-state index in [9.17, 15) is 18.0 Å². The normalized spacial score (nSPS) is 14.0. The second kappa shape index (κ2) is 8.44. The lowest BCUT2D eigenvalue weighted by molar-refractivity contribution is -0.0964. The maximum atomic E-state index is 14.2. The molecule has 1 amide bonds. The predicted molar refractivity (Wildman–Crippen MR) is 106 cm³/mol. The summed E-state index contributed by atoms with van der Waals surface area (Å²) in [5.41, 5.74) is -2.92. The van der Waals surface area contributed by atoms with Gasteiger partial charge in [0.25, 0.3) is 5.91 Å². The molecule has 0 radical (unpaired) electrons. The molecule has 3 aromatic rings. The van der Waals surface area contributed by atoms with E-state index in [1.54, 1.807) is 0 Å². The number of carbonyl (C=O) groups excluding carboxylic acids is 1. The molecule has 12 heteroatoms. The van der Waals surface area contributed by atoms with Gasteiger partial charge in [-0.05, 0) is 30.3 Å². The van der Waals surface area contributed by atoms with Crippen molar-refractivity contribution in [2.75, 3.05) is 30.1 Å². The van der Waals surface area contributed by atoms with Gasteiger partial charge in [-0.15, -0.1) is 8.78 Å². The maximum absolute atomic E-state index is 14.2. The van der Waals surface area contributed by atoms with E-state index in [-0.39, 0.29) is 23.7 Å². The number of H-pyrrole nitrogens is 1. The first-order valence-electron chi connectivity index (χ1n) is 8.99. The highest BCUT2D eigenvalue weighted by atomic mass is 35.5. The monoisotopic (exact) mass is 453 g/mol. The molecule has 3 heterocycles. The fraction of sp³-hybridized carbons (Fsp3) is 0.211. The summed E-state index contributed by atoms with van der Waals surface area (Å²) in [4.78, 5) is 18.8. The third kappa shape index (κ3) is 4.89. The second-order valence-corrected chi connectivity index (χ2v) is 6.96. The number of hydrogen-bond acceptors (Lipinski definition) is 6. The molecule has 1 saturated heterocycles. The first-order chi connectivity index (χ1) is 14.8. The third-order valence-electron chi connectivity index (χ3n) is 4.39. The Morgan fingerprint density at radius 3 is 2.68 bits per heavy atom. The van der Waals surface area contributed by atoms with Crippen molar-refractivity contribution < 1.29 is 27.4 Å². The smallest absolute Gasteiger partial charge is 0.420 e. The molecule has 0 atom stereocenters. The van der Waals surface area contributed by atoms with Gasteiger partial charge < -0.3 is 19.7 Å². The predicted octanol–water partition coefficient (Wildman–Crippen LogP) is 3.83. The highest BCUT2D eigenvalue weighted by Crippen LogP contribution is 2.31. The van der Waals surface area contributed by atoms with Crippen molar-refractivity contribution in [1.82, 2.24) is 15.2 Å². The number of hydrogen-bond donors (Lipinski definition) is 2. The van der Waals surface area contributed by atoms with Gasteiger partial charge in [-0.25, -0.2) is 9.37 Å². The SMILES string of the molecule is O=C(Nc1ccc(OC(F)(F)Cl)cc1)c1cnc(N2CCOC2)c(-c2[nH]ncc2F)c1. The first-order valence-corrected chi connectivity index (χ1v) is 9.37. The molecule has 2 N–H and O–H groups in total. The molecule has 0 bridgehead atoms. The fourth-order valence-corrected chi connectivity index (χ4v) is 3.09. The Morgan fingerprint density at radius 2 is 2.06 bits per heavy atom. The van der Waals surface area contributed by atoms with E-state index in [0.717, 1.165) is 6.20 Å². The van der Waals surface area contributed by atoms with Gasteiger partial charge in [-0.1, -0.05) is 0 Å². The third-order valence-corrected chi connectivity index (χ3v) is 4.47. The molecule has 0 spiro atoms. The van der Waals surface area contributed by atoms with Gasteiger partial charge in [0.1, 0.15) is 24.0 Å². The molecule has 0 saturated carbocycles. The Kier molecular flexibility index (Phi) is 5.70. The molecular weight excluding hydrogens is 439 g/mol. The molecule has 0 unspecified atom stereocenters. The van der Waals surface area contributed by atoms with Crippen molar-refractivity contribution in [3.05, 3.63) is 54.1 Å². The van der Waals surface area contributed by atoms with Crippen LogP contribution in [-0.2, 0) is 4.74 Å². The molecule has 0 aliphatic carbocycles. The molecule has 1 aromatic carbocycles. The standard InChI is InChI=1S/C19H15ClF3N5O3/c20-19(22,23)31-13-3-1-12(2-4-13)26-18(29)11-7-14(16-15(21)9-25-27-16)17(24-8-11)28-5-6-30-10-28/h1-4,7-9H,5-6,10H2,(H,25,27)(H,26,29). The van der Waals surface area contributed by atoms with Crippen LogP contribution in [0.3, 0.4) is 0 Å². The van der Waals surface area contributed by atoms with Crippen LogP contribution in [0.5, 0.6) is 5.75 Å². The van der Waals surface area contributed by atoms with Crippen LogP contribution < -0.4 is 15.0 Å². The Labute approximate surface area is 178 Å². The number of benzene rings is 1. The van der Waals surface area contributed by atoms with Crippen LogP contribution in [0.4, 0.5) is 24.7 Å². The summed E-state index contributed by atoms with van der Waals surface area (Å²) in [5.74, 6) is -0.851. The van der Waals surface area contributed by atoms with Gasteiger partial charge in [0.05, 0.1) is 18.4 Å². The van der Waals surface area contributed by atoms with Crippen molar-refractivity contribution in [2.45, 2.75) is 5.57 Å². The molecule has 1 aliphatic rings. The Bertz CT molecular complexity index is 1080. The summed E-state index contributed by atoms with van der Waals surface area (Å²) in [7, 11) is 0. The van der Waals surface area contributed by atoms with Gasteiger partial charge in [-0.2, -0.15) is 5.10 Å². The Balaban J connectivity index is 1.58. The van der Waals surface area contributed by atoms with Crippen molar-refractivity contribution in [2.24, 2.45) is 0 Å². The van der Waals surface area contributed by atoms with E-state index in [0.29, 0.717) is 30.2 Å². The van der Waals surface area contributed by atoms with Gasteiger partial charge >= 0.3 is 5.57 Å². The van der Waals surface area contributed by atoms with Crippen LogP contribution in [0.1, 0.15) is 10.4 Å². The van der Waals surface area contributed by atoms with Gasteiger partial charge in [0, 0.05) is 35.6 Å². The summed E-state index contributed by atoms with van der Waals surface area (Å²) in [6, 6.07) is 6.68. The molecule has 8 nitrogen and oxygen atoms in total. The van der Waals surface area contributed by atoms with Gasteiger partial charge in [0.15, 0.2) is 5.82 Å². The van der Waals surface area contributed by atoms with Crippen LogP contribution in [0.25, 0.3) is 11.3 Å². The van der Waals surface area contributed by atoms with E-state index in [1.807, 2.05) is 4.90 Å². The van der Waals surface area contributed by atoms with Gasteiger partial charge in [0.2, 0.25) is 0 Å². The average molecular weight is 454 g/mol. The van der Waals surface area contributed by atoms with E-state index in [1.165, 1.54) is 36.5 Å². The molecule has 31 heavy (non-hydrogen) atoms. The number of nitrogens with zero attached hydrogens (tertiary/aromatic N) is 3. The van der Waals surface area contributed by atoms with E-state index >= 15 is 0 Å². The van der Waals surface area contributed by atoms with Crippen molar-refractivity contribution in [3.8, 4) is 17.0 Å². The molecule has 1 aliphatic heterocycles. The zero-order chi connectivity index (χ0) is 22.0. The minimum atomic E-state index is -3.84. The summed E-state index contributed by atoms with van der Waals surface area (Å²) < 4.78 is 49.1. The molecule has 2 aromatic heterocycles. The Hall–Kier alpha value is -3.31. The Morgan fingerprint density at radius 1 is 1.29 bits per heavy atom. The first kappa shape index (κ1) is 20.9. The number of ether oxygens (including phenoxy) is 2. The number of amides is 1. The zero-order valence-electron chi connectivity index (χ0n) is 15.7. The topological polar surface area (TPSA) is 92.4 Å². The minimum absolute atomic E-state index is 0.0903. The van der Waals surface area contributed by atoms with Crippen LogP contribution in [0, 0.1) is 5.82 Å². The number of aromatic amines is 1. The van der Waals surface area contributed by atoms with Gasteiger partial charge in [-0.3, -0.25) is 9.89 Å². The molecule has 1 fully saturated rings. The average Bonchev–Trinajstić information content (AvgIpc) is 3.39. The van der Waals surface area contributed by atoms with E-state index in [2.05, 4.69) is 25.2 Å². The number of aromatic nitrogens is 3. The number of carbonyl (C=O) groups is 1. The van der Waals surface area contributed by atoms with Crippen LogP contribution >= 0.6 is 11.6 Å². The number of nitrogens with one attached hydrogen (secondary N) is 2. The highest BCUT2D eigenvalue weighted by Gasteiger charge is 2.27. The zero-order valence-corrected chi connectivity index (χ0v) is 16.5. The molecule has 4 rings (SSSR count). The second-order valence-electron chi connectivity index (χ2n) is 6.52. The lowest BCUT2D eigenvalue weighted by Crippen LogP contribution is -2.22. The number of halogens is 4. The minimum Gasteiger partial charge on any atom is -0.420 e.